The van der Waals surface area contributed by atoms with Gasteiger partial charge in [0, 0.05) is 6.92 Å². The van der Waals surface area contributed by atoms with Crippen molar-refractivity contribution in [1.82, 2.24) is 9.38 Å². The van der Waals surface area contributed by atoms with Gasteiger partial charge in [0.15, 0.2) is 16.5 Å². The van der Waals surface area contributed by atoms with Gasteiger partial charge in [0.2, 0.25) is 0 Å². The van der Waals surface area contributed by atoms with Gasteiger partial charge in [-0.1, -0.05) is 23.5 Å². The first kappa shape index (κ1) is 18.2. The van der Waals surface area contributed by atoms with Crippen LogP contribution in [0.2, 0.25) is 0 Å². The Morgan fingerprint density at radius 3 is 2.68 bits per heavy atom. The van der Waals surface area contributed by atoms with Crippen molar-refractivity contribution in [3.05, 3.63) is 61.9 Å². The first-order valence-electron chi connectivity index (χ1n) is 8.68. The van der Waals surface area contributed by atoms with Gasteiger partial charge in [-0.25, -0.2) is 9.38 Å². The minimum absolute atomic E-state index is 0.101. The summed E-state index contributed by atoms with van der Waals surface area (Å²) in [5.74, 6) is 0.343. The quantitative estimate of drug-likeness (QED) is 0.395. The fourth-order valence-corrected chi connectivity index (χ4v) is 4.25. The van der Waals surface area contributed by atoms with Gasteiger partial charge >= 0.3 is 5.97 Å². The third-order valence-corrected chi connectivity index (χ3v) is 5.39. The lowest BCUT2D eigenvalue weighted by molar-refractivity contribution is -0.132. The average molecular weight is 394 g/mol. The number of nitrogens with zero attached hydrogens (tertiary/aromatic N) is 2. The highest BCUT2D eigenvalue weighted by Crippen LogP contribution is 2.28. The lowest BCUT2D eigenvalue weighted by Crippen LogP contribution is -2.22. The number of benzene rings is 2. The molecule has 7 heteroatoms. The van der Waals surface area contributed by atoms with Gasteiger partial charge in [0.1, 0.15) is 0 Å². The Morgan fingerprint density at radius 2 is 1.96 bits per heavy atom. The van der Waals surface area contributed by atoms with Crippen molar-refractivity contribution in [3.8, 4) is 11.5 Å². The molecular weight excluding hydrogens is 376 g/mol. The third-order valence-electron chi connectivity index (χ3n) is 4.42. The smallest absolute Gasteiger partial charge is 0.308 e. The van der Waals surface area contributed by atoms with Gasteiger partial charge in [-0.05, 0) is 54.8 Å². The van der Waals surface area contributed by atoms with Crippen LogP contribution in [0.1, 0.15) is 23.6 Å². The van der Waals surface area contributed by atoms with Crippen LogP contribution in [0.15, 0.2) is 35.1 Å². The van der Waals surface area contributed by atoms with E-state index in [1.165, 1.54) is 25.4 Å². The van der Waals surface area contributed by atoms with E-state index in [0.717, 1.165) is 27.7 Å². The molecule has 0 saturated carbocycles. The van der Waals surface area contributed by atoms with Crippen LogP contribution in [0.5, 0.6) is 11.5 Å². The average Bonchev–Trinajstić information content (AvgIpc) is 3.13. The number of thiazole rings is 1. The van der Waals surface area contributed by atoms with Crippen molar-refractivity contribution in [3.63, 3.8) is 0 Å². The number of hydrogen-bond donors (Lipinski definition) is 0. The van der Waals surface area contributed by atoms with Gasteiger partial charge in [-0.3, -0.25) is 9.59 Å². The molecule has 0 saturated heterocycles. The van der Waals surface area contributed by atoms with Crippen LogP contribution < -0.4 is 19.6 Å². The second-order valence-electron chi connectivity index (χ2n) is 6.60. The Labute approximate surface area is 164 Å². The molecule has 0 atom stereocenters. The molecule has 142 valence electrons. The van der Waals surface area contributed by atoms with E-state index in [-0.39, 0.29) is 5.56 Å². The van der Waals surface area contributed by atoms with E-state index in [2.05, 4.69) is 11.1 Å². The second kappa shape index (κ2) is 6.76. The molecule has 2 aromatic carbocycles. The number of esters is 1. The number of rotatable bonds is 3. The highest BCUT2D eigenvalue weighted by Gasteiger charge is 2.14. The van der Waals surface area contributed by atoms with E-state index in [0.29, 0.717) is 21.0 Å². The van der Waals surface area contributed by atoms with Gasteiger partial charge in [-0.15, -0.1) is 0 Å². The number of carbonyl (C=O) groups is 1. The molecule has 0 aliphatic rings. The van der Waals surface area contributed by atoms with Gasteiger partial charge in [-0.2, -0.15) is 0 Å². The van der Waals surface area contributed by atoms with E-state index in [1.54, 1.807) is 28.7 Å². The van der Waals surface area contributed by atoms with E-state index in [9.17, 15) is 9.59 Å². The van der Waals surface area contributed by atoms with Crippen LogP contribution in [-0.4, -0.2) is 22.5 Å². The summed E-state index contributed by atoms with van der Waals surface area (Å²) in [5.41, 5.74) is 4.50. The molecule has 0 spiro atoms. The van der Waals surface area contributed by atoms with Crippen molar-refractivity contribution < 1.29 is 14.3 Å². The van der Waals surface area contributed by atoms with E-state index < -0.39 is 5.97 Å². The molecule has 2 heterocycles. The lowest BCUT2D eigenvalue weighted by Gasteiger charge is -2.08. The number of fused-ring (bicyclic) bond motifs is 3. The SMILES string of the molecule is COc1cc(/C=c2\sc3nc4c(C)cc(C)cc4n3c2=O)ccc1OC(C)=O. The largest absolute Gasteiger partial charge is 0.493 e. The molecule has 0 aliphatic heterocycles. The third kappa shape index (κ3) is 3.03. The highest BCUT2D eigenvalue weighted by molar-refractivity contribution is 7.15. The maximum absolute atomic E-state index is 13.0. The second-order valence-corrected chi connectivity index (χ2v) is 7.61. The molecule has 4 rings (SSSR count). The predicted octanol–water partition coefficient (Wildman–Crippen LogP) is 3.01. The zero-order valence-corrected chi connectivity index (χ0v) is 16.7. The van der Waals surface area contributed by atoms with Gasteiger partial charge in [0.05, 0.1) is 22.7 Å². The van der Waals surface area contributed by atoms with Crippen LogP contribution in [0.25, 0.3) is 22.1 Å². The van der Waals surface area contributed by atoms with Crippen molar-refractivity contribution in [2.45, 2.75) is 20.8 Å². The summed E-state index contributed by atoms with van der Waals surface area (Å²) in [7, 11) is 1.50. The van der Waals surface area contributed by atoms with Crippen LogP contribution in [0, 0.1) is 13.8 Å². The molecule has 2 aromatic heterocycles. The van der Waals surface area contributed by atoms with E-state index >= 15 is 0 Å². The number of aromatic nitrogens is 2. The Kier molecular flexibility index (Phi) is 4.39. The van der Waals surface area contributed by atoms with Crippen LogP contribution >= 0.6 is 11.3 Å². The van der Waals surface area contributed by atoms with Crippen LogP contribution in [0.3, 0.4) is 0 Å². The Balaban J connectivity index is 1.87. The van der Waals surface area contributed by atoms with E-state index in [4.69, 9.17) is 9.47 Å². The van der Waals surface area contributed by atoms with Crippen molar-refractivity contribution in [1.29, 1.82) is 0 Å². The first-order chi connectivity index (χ1) is 13.4. The molecule has 6 nitrogen and oxygen atoms in total. The Morgan fingerprint density at radius 1 is 1.18 bits per heavy atom. The molecule has 0 fully saturated rings. The Bertz CT molecular complexity index is 1350. The standard InChI is InChI=1S/C21H18N2O4S/c1-11-7-12(2)19-15(8-11)23-20(25)18(28-21(23)22-19)10-14-5-6-16(27-13(3)24)17(9-14)26-4/h5-10H,1-4H3/b18-10-. The summed E-state index contributed by atoms with van der Waals surface area (Å²) in [6.45, 7) is 5.34. The number of aryl methyl sites for hydroxylation is 2. The Hall–Kier alpha value is -3.19. The molecule has 0 amide bonds. The summed E-state index contributed by atoms with van der Waals surface area (Å²) in [6.07, 6.45) is 1.79. The highest BCUT2D eigenvalue weighted by atomic mass is 32.1. The molecule has 0 unspecified atom stereocenters. The molecule has 0 radical (unpaired) electrons. The summed E-state index contributed by atoms with van der Waals surface area (Å²) in [6, 6.07) is 9.20. The fourth-order valence-electron chi connectivity index (χ4n) is 3.27. The minimum Gasteiger partial charge on any atom is -0.493 e. The molecule has 4 aromatic rings. The molecule has 28 heavy (non-hydrogen) atoms. The van der Waals surface area contributed by atoms with Crippen LogP contribution in [-0.2, 0) is 4.79 Å². The maximum Gasteiger partial charge on any atom is 0.308 e. The van der Waals surface area contributed by atoms with Gasteiger partial charge in [0.25, 0.3) is 5.56 Å². The topological polar surface area (TPSA) is 69.9 Å². The van der Waals surface area contributed by atoms with Gasteiger partial charge < -0.3 is 9.47 Å². The van der Waals surface area contributed by atoms with Crippen molar-refractivity contribution in [2.75, 3.05) is 7.11 Å². The molecular formula is C21H18N2O4S. The number of ether oxygens (including phenoxy) is 2. The number of hydrogen-bond acceptors (Lipinski definition) is 6. The van der Waals surface area contributed by atoms with E-state index in [1.807, 2.05) is 19.9 Å². The summed E-state index contributed by atoms with van der Waals surface area (Å²) >= 11 is 1.34. The predicted molar refractivity (Wildman–Crippen MR) is 109 cm³/mol. The number of carbonyl (C=O) groups excluding carboxylic acids is 1. The fraction of sp³-hybridized carbons (Fsp3) is 0.190. The molecule has 0 N–H and O–H groups in total. The van der Waals surface area contributed by atoms with Crippen LogP contribution in [0.4, 0.5) is 0 Å². The molecule has 0 bridgehead atoms. The summed E-state index contributed by atoms with van der Waals surface area (Å²) < 4.78 is 12.7. The van der Waals surface area contributed by atoms with Crippen molar-refractivity contribution in [2.24, 2.45) is 0 Å². The minimum atomic E-state index is -0.422. The monoisotopic (exact) mass is 394 g/mol. The normalized spacial score (nSPS) is 12.1. The molecule has 0 aliphatic carbocycles. The summed E-state index contributed by atoms with van der Waals surface area (Å²) in [4.78, 5) is 29.5. The van der Waals surface area contributed by atoms with Crippen molar-refractivity contribution >= 4 is 39.4 Å². The lowest BCUT2D eigenvalue weighted by atomic mass is 10.1. The summed E-state index contributed by atoms with van der Waals surface area (Å²) in [5, 5.41) is 0. The number of methoxy groups -OCH3 is 1. The zero-order valence-electron chi connectivity index (χ0n) is 15.9. The number of imidazole rings is 1. The first-order valence-corrected chi connectivity index (χ1v) is 9.49. The maximum atomic E-state index is 13.0. The zero-order chi connectivity index (χ0) is 20.0.